The van der Waals surface area contributed by atoms with Crippen LogP contribution in [0.2, 0.25) is 0 Å². The Hall–Kier alpha value is -0.620. The van der Waals surface area contributed by atoms with Crippen molar-refractivity contribution in [1.82, 2.24) is 4.72 Å². The molecule has 0 fully saturated rings. The zero-order valence-electron chi connectivity index (χ0n) is 8.03. The summed E-state index contributed by atoms with van der Waals surface area (Å²) in [4.78, 5) is 11.2. The highest BCUT2D eigenvalue weighted by Crippen LogP contribution is 1.98. The predicted octanol–water partition coefficient (Wildman–Crippen LogP) is -0.123. The van der Waals surface area contributed by atoms with Gasteiger partial charge in [0.25, 0.3) is 5.91 Å². The van der Waals surface area contributed by atoms with Crippen LogP contribution in [0.4, 0.5) is 0 Å². The van der Waals surface area contributed by atoms with Crippen molar-refractivity contribution in [3.05, 3.63) is 0 Å². The second kappa shape index (κ2) is 5.18. The van der Waals surface area contributed by atoms with E-state index < -0.39 is 22.0 Å². The third-order valence-corrected chi connectivity index (χ3v) is 1.89. The highest BCUT2D eigenvalue weighted by Gasteiger charge is 2.19. The van der Waals surface area contributed by atoms with Gasteiger partial charge in [-0.25, -0.2) is 8.42 Å². The van der Waals surface area contributed by atoms with Crippen molar-refractivity contribution in [3.8, 4) is 0 Å². The van der Waals surface area contributed by atoms with Gasteiger partial charge in [-0.2, -0.15) is 0 Å². The maximum absolute atomic E-state index is 11.2. The Labute approximate surface area is 78.5 Å². The molecular formula is C7H15NO4S. The topological polar surface area (TPSA) is 72.5 Å². The number of nitrogens with one attached hydrogen (secondary N) is 1. The van der Waals surface area contributed by atoms with E-state index in [0.717, 1.165) is 6.26 Å². The van der Waals surface area contributed by atoms with Gasteiger partial charge in [0, 0.05) is 6.61 Å². The molecule has 5 nitrogen and oxygen atoms in total. The van der Waals surface area contributed by atoms with E-state index in [9.17, 15) is 13.2 Å². The summed E-state index contributed by atoms with van der Waals surface area (Å²) in [5, 5.41) is 0. The quantitative estimate of drug-likeness (QED) is 0.685. The number of ether oxygens (including phenoxy) is 1. The molecule has 0 aliphatic carbocycles. The molecule has 1 N–H and O–H groups in total. The molecule has 1 atom stereocenters. The van der Waals surface area contributed by atoms with Gasteiger partial charge in [-0.15, -0.1) is 0 Å². The fraction of sp³-hybridized carbons (Fsp3) is 0.857. The molecule has 1 amide bonds. The fourth-order valence-electron chi connectivity index (χ4n) is 0.829. The Bertz CT molecular complexity index is 260. The highest BCUT2D eigenvalue weighted by atomic mass is 32.2. The van der Waals surface area contributed by atoms with Crippen LogP contribution in [0.1, 0.15) is 20.3 Å². The molecule has 0 saturated carbocycles. The van der Waals surface area contributed by atoms with E-state index in [1.54, 1.807) is 13.8 Å². The molecule has 0 aliphatic heterocycles. The van der Waals surface area contributed by atoms with Crippen LogP contribution in [0.15, 0.2) is 0 Å². The molecule has 0 spiro atoms. The van der Waals surface area contributed by atoms with Crippen molar-refractivity contribution >= 4 is 15.9 Å². The van der Waals surface area contributed by atoms with Crippen molar-refractivity contribution in [2.75, 3.05) is 12.9 Å². The first kappa shape index (κ1) is 12.4. The van der Waals surface area contributed by atoms with Crippen LogP contribution >= 0.6 is 0 Å². The maximum atomic E-state index is 11.2. The van der Waals surface area contributed by atoms with Crippen LogP contribution in [0.25, 0.3) is 0 Å². The first-order chi connectivity index (χ1) is 5.90. The predicted molar refractivity (Wildman–Crippen MR) is 48.7 cm³/mol. The Morgan fingerprint density at radius 2 is 2.00 bits per heavy atom. The number of carbonyl (C=O) groups is 1. The van der Waals surface area contributed by atoms with Crippen molar-refractivity contribution in [2.45, 2.75) is 26.4 Å². The lowest BCUT2D eigenvalue weighted by molar-refractivity contribution is -0.130. The molecule has 0 bridgehead atoms. The molecule has 0 aromatic carbocycles. The zero-order valence-corrected chi connectivity index (χ0v) is 8.85. The lowest BCUT2D eigenvalue weighted by atomic mass is 10.3. The van der Waals surface area contributed by atoms with Gasteiger partial charge < -0.3 is 4.74 Å². The van der Waals surface area contributed by atoms with Crippen LogP contribution in [-0.4, -0.2) is 33.3 Å². The summed E-state index contributed by atoms with van der Waals surface area (Å²) < 4.78 is 28.2. The largest absolute Gasteiger partial charge is 0.369 e. The Morgan fingerprint density at radius 3 is 2.31 bits per heavy atom. The van der Waals surface area contributed by atoms with E-state index in [-0.39, 0.29) is 0 Å². The minimum atomic E-state index is -3.48. The zero-order chi connectivity index (χ0) is 10.5. The SMILES string of the molecule is CCOC(CC)C(=O)NS(C)(=O)=O. The monoisotopic (exact) mass is 209 g/mol. The van der Waals surface area contributed by atoms with Gasteiger partial charge in [0.15, 0.2) is 0 Å². The summed E-state index contributed by atoms with van der Waals surface area (Å²) in [5.41, 5.74) is 0. The molecule has 0 aliphatic rings. The minimum absolute atomic E-state index is 0.385. The molecule has 0 aromatic heterocycles. The van der Waals surface area contributed by atoms with Crippen LogP contribution in [0.5, 0.6) is 0 Å². The van der Waals surface area contributed by atoms with E-state index in [2.05, 4.69) is 0 Å². The van der Waals surface area contributed by atoms with E-state index >= 15 is 0 Å². The molecule has 6 heteroatoms. The van der Waals surface area contributed by atoms with Gasteiger partial charge in [0.2, 0.25) is 10.0 Å². The van der Waals surface area contributed by atoms with Crippen molar-refractivity contribution < 1.29 is 17.9 Å². The average Bonchev–Trinajstić information content (AvgIpc) is 1.96. The van der Waals surface area contributed by atoms with Crippen molar-refractivity contribution in [2.24, 2.45) is 0 Å². The summed E-state index contributed by atoms with van der Waals surface area (Å²) in [6.45, 7) is 3.88. The summed E-state index contributed by atoms with van der Waals surface area (Å²) in [6.07, 6.45) is 0.707. The number of amides is 1. The van der Waals surface area contributed by atoms with Crippen LogP contribution in [-0.2, 0) is 19.6 Å². The van der Waals surface area contributed by atoms with E-state index in [4.69, 9.17) is 4.74 Å². The van der Waals surface area contributed by atoms with E-state index in [1.165, 1.54) is 0 Å². The summed E-state index contributed by atoms with van der Waals surface area (Å²) in [6, 6.07) is 0. The number of rotatable bonds is 5. The summed E-state index contributed by atoms with van der Waals surface area (Å²) in [7, 11) is -3.48. The fourth-order valence-corrected chi connectivity index (χ4v) is 1.33. The molecular weight excluding hydrogens is 194 g/mol. The van der Waals surface area contributed by atoms with Crippen LogP contribution < -0.4 is 4.72 Å². The molecule has 78 valence electrons. The standard InChI is InChI=1S/C7H15NO4S/c1-4-6(12-5-2)7(9)8-13(3,10)11/h6H,4-5H2,1-3H3,(H,8,9). The molecule has 1 unspecified atom stereocenters. The lowest BCUT2D eigenvalue weighted by Gasteiger charge is -2.13. The lowest BCUT2D eigenvalue weighted by Crippen LogP contribution is -2.39. The number of carbonyl (C=O) groups excluding carboxylic acids is 1. The molecule has 13 heavy (non-hydrogen) atoms. The van der Waals surface area contributed by atoms with E-state index in [0.29, 0.717) is 13.0 Å². The number of hydrogen-bond donors (Lipinski definition) is 1. The van der Waals surface area contributed by atoms with E-state index in [1.807, 2.05) is 4.72 Å². The molecule has 0 heterocycles. The smallest absolute Gasteiger partial charge is 0.262 e. The van der Waals surface area contributed by atoms with Crippen LogP contribution in [0, 0.1) is 0 Å². The first-order valence-corrected chi connectivity index (χ1v) is 5.93. The highest BCUT2D eigenvalue weighted by molar-refractivity contribution is 7.89. The molecule has 0 radical (unpaired) electrons. The molecule has 0 aromatic rings. The first-order valence-electron chi connectivity index (χ1n) is 4.04. The average molecular weight is 209 g/mol. The summed E-state index contributed by atoms with van der Waals surface area (Å²) in [5.74, 6) is -0.605. The van der Waals surface area contributed by atoms with Gasteiger partial charge in [0.05, 0.1) is 6.26 Å². The minimum Gasteiger partial charge on any atom is -0.369 e. The van der Waals surface area contributed by atoms with Gasteiger partial charge in [-0.3, -0.25) is 9.52 Å². The third-order valence-electron chi connectivity index (χ3n) is 1.32. The van der Waals surface area contributed by atoms with Gasteiger partial charge in [-0.05, 0) is 13.3 Å². The van der Waals surface area contributed by atoms with Gasteiger partial charge >= 0.3 is 0 Å². The second-order valence-electron chi connectivity index (χ2n) is 2.59. The maximum Gasteiger partial charge on any atom is 0.262 e. The van der Waals surface area contributed by atoms with Crippen molar-refractivity contribution in [3.63, 3.8) is 0 Å². The summed E-state index contributed by atoms with van der Waals surface area (Å²) >= 11 is 0. The number of sulfonamides is 1. The van der Waals surface area contributed by atoms with Crippen LogP contribution in [0.3, 0.4) is 0 Å². The Morgan fingerprint density at radius 1 is 1.46 bits per heavy atom. The van der Waals surface area contributed by atoms with Gasteiger partial charge in [0.1, 0.15) is 6.10 Å². The molecule has 0 saturated heterocycles. The van der Waals surface area contributed by atoms with Crippen molar-refractivity contribution in [1.29, 1.82) is 0 Å². The Kier molecular flexibility index (Phi) is 4.94. The third kappa shape index (κ3) is 5.59. The van der Waals surface area contributed by atoms with Gasteiger partial charge in [-0.1, -0.05) is 6.92 Å². The molecule has 0 rings (SSSR count). The second-order valence-corrected chi connectivity index (χ2v) is 4.34. The normalized spacial score (nSPS) is 13.8. The number of hydrogen-bond acceptors (Lipinski definition) is 4. The Balaban J connectivity index is 4.22.